The Morgan fingerprint density at radius 2 is 1.70 bits per heavy atom. The molecule has 2 aromatic rings. The number of esters is 1. The number of methoxy groups -OCH3 is 1. The molecule has 0 saturated carbocycles. The third kappa shape index (κ3) is 7.58. The molecule has 0 aliphatic carbocycles. The maximum absolute atomic E-state index is 12.3. The highest BCUT2D eigenvalue weighted by Gasteiger charge is 2.14. The summed E-state index contributed by atoms with van der Waals surface area (Å²) in [5.74, 6) is -0.180. The minimum Gasteiger partial charge on any atom is -0.497 e. The van der Waals surface area contributed by atoms with Crippen LogP contribution in [0, 0.1) is 5.92 Å². The Balaban J connectivity index is 1.81. The van der Waals surface area contributed by atoms with Crippen LogP contribution >= 0.6 is 0 Å². The maximum atomic E-state index is 12.3. The molecule has 0 aliphatic heterocycles. The van der Waals surface area contributed by atoms with Gasteiger partial charge in [-0.2, -0.15) is 0 Å². The van der Waals surface area contributed by atoms with Gasteiger partial charge in [0.05, 0.1) is 18.4 Å². The fourth-order valence-electron chi connectivity index (χ4n) is 2.63. The second-order valence-electron chi connectivity index (χ2n) is 7.21. The van der Waals surface area contributed by atoms with Crippen LogP contribution in [-0.2, 0) is 20.7 Å². The lowest BCUT2D eigenvalue weighted by Crippen LogP contribution is -2.29. The summed E-state index contributed by atoms with van der Waals surface area (Å²) < 4.78 is 10.1. The quantitative estimate of drug-likeness (QED) is 0.585. The van der Waals surface area contributed by atoms with Crippen molar-refractivity contribution in [2.24, 2.45) is 5.92 Å². The third-order valence-electron chi connectivity index (χ3n) is 4.26. The highest BCUT2D eigenvalue weighted by atomic mass is 16.5. The number of hydrogen-bond acceptors (Lipinski definition) is 5. The van der Waals surface area contributed by atoms with Crippen LogP contribution < -0.4 is 15.4 Å². The predicted molar refractivity (Wildman–Crippen MR) is 115 cm³/mol. The van der Waals surface area contributed by atoms with E-state index in [-0.39, 0.29) is 12.3 Å². The van der Waals surface area contributed by atoms with Crippen molar-refractivity contribution in [2.45, 2.75) is 26.7 Å². The molecule has 0 aromatic heterocycles. The number of carbonyl (C=O) groups excluding carboxylic acids is 3. The Labute approximate surface area is 176 Å². The topological polar surface area (TPSA) is 93.7 Å². The van der Waals surface area contributed by atoms with Gasteiger partial charge < -0.3 is 20.1 Å². The van der Waals surface area contributed by atoms with Crippen molar-refractivity contribution in [1.29, 1.82) is 0 Å². The highest BCUT2D eigenvalue weighted by molar-refractivity contribution is 6.04. The first-order valence-corrected chi connectivity index (χ1v) is 9.84. The van der Waals surface area contributed by atoms with Crippen molar-refractivity contribution in [2.75, 3.05) is 25.6 Å². The van der Waals surface area contributed by atoms with Gasteiger partial charge in [-0.3, -0.25) is 14.4 Å². The lowest BCUT2D eigenvalue weighted by Gasteiger charge is -2.12. The number of nitrogens with one attached hydrogen (secondary N) is 2. The Bertz CT molecular complexity index is 862. The van der Waals surface area contributed by atoms with Gasteiger partial charge in [0.2, 0.25) is 0 Å². The van der Waals surface area contributed by atoms with Crippen molar-refractivity contribution in [3.63, 3.8) is 0 Å². The SMILES string of the molecule is COc1ccc(CCC(=O)OCC(=O)Nc2ccccc2C(=O)NCC(C)C)cc1. The molecule has 2 amide bonds. The van der Waals surface area contributed by atoms with E-state index in [1.807, 2.05) is 38.1 Å². The number of ether oxygens (including phenoxy) is 2. The van der Waals surface area contributed by atoms with E-state index in [0.717, 1.165) is 11.3 Å². The van der Waals surface area contributed by atoms with Gasteiger partial charge in [0.25, 0.3) is 11.8 Å². The second kappa shape index (κ2) is 11.6. The fourth-order valence-corrected chi connectivity index (χ4v) is 2.63. The Morgan fingerprint density at radius 1 is 1.00 bits per heavy atom. The van der Waals surface area contributed by atoms with E-state index in [4.69, 9.17) is 9.47 Å². The Morgan fingerprint density at radius 3 is 2.37 bits per heavy atom. The molecular formula is C23H28N2O5. The van der Waals surface area contributed by atoms with Gasteiger partial charge in [-0.15, -0.1) is 0 Å². The van der Waals surface area contributed by atoms with E-state index in [1.165, 1.54) is 0 Å². The molecule has 0 atom stereocenters. The molecular weight excluding hydrogens is 384 g/mol. The molecule has 2 N–H and O–H groups in total. The normalized spacial score (nSPS) is 10.4. The summed E-state index contributed by atoms with van der Waals surface area (Å²) >= 11 is 0. The van der Waals surface area contributed by atoms with E-state index < -0.39 is 18.5 Å². The Kier molecular flexibility index (Phi) is 8.87. The van der Waals surface area contributed by atoms with Gasteiger partial charge >= 0.3 is 5.97 Å². The predicted octanol–water partition coefficient (Wildman–Crippen LogP) is 3.20. The zero-order valence-electron chi connectivity index (χ0n) is 17.6. The second-order valence-corrected chi connectivity index (χ2v) is 7.21. The van der Waals surface area contributed by atoms with Crippen LogP contribution in [0.3, 0.4) is 0 Å². The highest BCUT2D eigenvalue weighted by Crippen LogP contribution is 2.15. The van der Waals surface area contributed by atoms with Crippen molar-refractivity contribution in [3.8, 4) is 5.75 Å². The zero-order valence-corrected chi connectivity index (χ0v) is 17.6. The zero-order chi connectivity index (χ0) is 21.9. The maximum Gasteiger partial charge on any atom is 0.306 e. The average molecular weight is 412 g/mol. The molecule has 0 fully saturated rings. The number of anilines is 1. The van der Waals surface area contributed by atoms with Crippen LogP contribution in [-0.4, -0.2) is 38.0 Å². The summed E-state index contributed by atoms with van der Waals surface area (Å²) in [5, 5.41) is 5.45. The molecule has 0 unspecified atom stereocenters. The van der Waals surface area contributed by atoms with Crippen LogP contribution in [0.4, 0.5) is 5.69 Å². The average Bonchev–Trinajstić information content (AvgIpc) is 2.75. The van der Waals surface area contributed by atoms with E-state index in [1.54, 1.807) is 31.4 Å². The first-order valence-electron chi connectivity index (χ1n) is 9.84. The summed E-state index contributed by atoms with van der Waals surface area (Å²) in [6, 6.07) is 14.1. The van der Waals surface area contributed by atoms with Crippen molar-refractivity contribution in [1.82, 2.24) is 5.32 Å². The van der Waals surface area contributed by atoms with E-state index >= 15 is 0 Å². The summed E-state index contributed by atoms with van der Waals surface area (Å²) in [6.07, 6.45) is 0.664. The standard InChI is InChI=1S/C23H28N2O5/c1-16(2)14-24-23(28)19-6-4-5-7-20(19)25-21(26)15-30-22(27)13-10-17-8-11-18(29-3)12-9-17/h4-9,11-12,16H,10,13-15H2,1-3H3,(H,24,28)(H,25,26). The fraction of sp³-hybridized carbons (Fsp3) is 0.348. The van der Waals surface area contributed by atoms with Gasteiger partial charge in [0, 0.05) is 13.0 Å². The molecule has 0 heterocycles. The van der Waals surface area contributed by atoms with Crippen LogP contribution in [0.15, 0.2) is 48.5 Å². The van der Waals surface area contributed by atoms with Gasteiger partial charge in [-0.25, -0.2) is 0 Å². The largest absolute Gasteiger partial charge is 0.497 e. The molecule has 0 radical (unpaired) electrons. The van der Waals surface area contributed by atoms with Crippen molar-refractivity contribution in [3.05, 3.63) is 59.7 Å². The van der Waals surface area contributed by atoms with Crippen LogP contribution in [0.5, 0.6) is 5.75 Å². The number of rotatable bonds is 10. The first kappa shape index (κ1) is 22.9. The minimum atomic E-state index is -0.503. The monoisotopic (exact) mass is 412 g/mol. The molecule has 0 bridgehead atoms. The van der Waals surface area contributed by atoms with E-state index in [9.17, 15) is 14.4 Å². The van der Waals surface area contributed by atoms with Gasteiger partial charge in [0.1, 0.15) is 5.75 Å². The molecule has 30 heavy (non-hydrogen) atoms. The minimum absolute atomic E-state index is 0.161. The number of benzene rings is 2. The molecule has 2 rings (SSSR count). The summed E-state index contributed by atoms with van der Waals surface area (Å²) in [4.78, 5) is 36.4. The number of para-hydroxylation sites is 1. The van der Waals surface area contributed by atoms with E-state index in [0.29, 0.717) is 30.1 Å². The van der Waals surface area contributed by atoms with Crippen LogP contribution in [0.2, 0.25) is 0 Å². The van der Waals surface area contributed by atoms with Crippen molar-refractivity contribution < 1.29 is 23.9 Å². The van der Waals surface area contributed by atoms with Gasteiger partial charge in [0.15, 0.2) is 6.61 Å². The van der Waals surface area contributed by atoms with Gasteiger partial charge in [-0.1, -0.05) is 38.1 Å². The number of hydrogen-bond donors (Lipinski definition) is 2. The molecule has 7 heteroatoms. The molecule has 0 saturated heterocycles. The van der Waals surface area contributed by atoms with Gasteiger partial charge in [-0.05, 0) is 42.2 Å². The van der Waals surface area contributed by atoms with Crippen molar-refractivity contribution >= 4 is 23.5 Å². The van der Waals surface area contributed by atoms with Crippen LogP contribution in [0.25, 0.3) is 0 Å². The number of aryl methyl sites for hydroxylation is 1. The van der Waals surface area contributed by atoms with Crippen LogP contribution in [0.1, 0.15) is 36.2 Å². The molecule has 160 valence electrons. The number of carbonyl (C=O) groups is 3. The third-order valence-corrected chi connectivity index (χ3v) is 4.26. The molecule has 0 spiro atoms. The lowest BCUT2D eigenvalue weighted by molar-refractivity contribution is -0.147. The van der Waals surface area contributed by atoms with E-state index in [2.05, 4.69) is 10.6 Å². The molecule has 0 aliphatic rings. The molecule has 2 aromatic carbocycles. The molecule has 7 nitrogen and oxygen atoms in total. The first-order chi connectivity index (χ1) is 14.4. The number of amides is 2. The summed E-state index contributed by atoms with van der Waals surface area (Å²) in [6.45, 7) is 4.12. The summed E-state index contributed by atoms with van der Waals surface area (Å²) in [5.41, 5.74) is 1.70. The summed E-state index contributed by atoms with van der Waals surface area (Å²) in [7, 11) is 1.59. The lowest BCUT2D eigenvalue weighted by atomic mass is 10.1. The smallest absolute Gasteiger partial charge is 0.306 e. The Hall–Kier alpha value is -3.35.